The lowest BCUT2D eigenvalue weighted by Gasteiger charge is -2.12. The zero-order valence-corrected chi connectivity index (χ0v) is 10.1. The van der Waals surface area contributed by atoms with E-state index in [1.165, 1.54) is 0 Å². The molecule has 0 radical (unpaired) electrons. The fraction of sp³-hybridized carbons (Fsp3) is 0.400. The van der Waals surface area contributed by atoms with Crippen molar-refractivity contribution in [3.8, 4) is 0 Å². The van der Waals surface area contributed by atoms with E-state index < -0.39 is 15.9 Å². The van der Waals surface area contributed by atoms with Gasteiger partial charge < -0.3 is 0 Å². The summed E-state index contributed by atoms with van der Waals surface area (Å²) in [5.74, 6) is -0.306. The lowest BCUT2D eigenvalue weighted by molar-refractivity contribution is -0.275. The van der Waals surface area contributed by atoms with Gasteiger partial charge in [0.25, 0.3) is 0 Å². The molecule has 6 nitrogen and oxygen atoms in total. The Morgan fingerprint density at radius 2 is 1.82 bits per heavy atom. The average molecular weight is 262 g/mol. The summed E-state index contributed by atoms with van der Waals surface area (Å²) in [5.41, 5.74) is 1.24. The normalized spacial score (nSPS) is 13.6. The van der Waals surface area contributed by atoms with Gasteiger partial charge in [-0.05, 0) is 11.1 Å². The highest BCUT2D eigenvalue weighted by molar-refractivity contribution is 7.90. The maximum Gasteiger partial charge on any atom is 0.150 e. The maximum absolute atomic E-state index is 11.1. The molecule has 1 atom stereocenters. The van der Waals surface area contributed by atoms with Gasteiger partial charge in [0, 0.05) is 6.26 Å². The minimum Gasteiger partial charge on any atom is -0.251 e. The molecule has 0 amide bonds. The Morgan fingerprint density at radius 3 is 2.24 bits per heavy atom. The van der Waals surface area contributed by atoms with Gasteiger partial charge in [0.15, 0.2) is 0 Å². The third-order valence-electron chi connectivity index (χ3n) is 2.16. The maximum atomic E-state index is 11.1. The van der Waals surface area contributed by atoms with Crippen LogP contribution in [-0.4, -0.2) is 30.9 Å². The van der Waals surface area contributed by atoms with Crippen molar-refractivity contribution in [1.29, 1.82) is 0 Å². The Labute approximate surface area is 99.2 Å². The van der Waals surface area contributed by atoms with Gasteiger partial charge in [-0.15, -0.1) is 0 Å². The highest BCUT2D eigenvalue weighted by Gasteiger charge is 2.18. The molecule has 0 aliphatic rings. The van der Waals surface area contributed by atoms with Crippen LogP contribution < -0.4 is 0 Å². The Kier molecular flexibility index (Phi) is 5.03. The monoisotopic (exact) mass is 262 g/mol. The molecule has 0 aromatic heterocycles. The summed E-state index contributed by atoms with van der Waals surface area (Å²) in [6, 6.07) is 6.47. The zero-order chi connectivity index (χ0) is 12.9. The van der Waals surface area contributed by atoms with Gasteiger partial charge in [-0.1, -0.05) is 24.3 Å². The summed E-state index contributed by atoms with van der Waals surface area (Å²) in [6.45, 7) is 0.0387. The number of hydrogen-bond donors (Lipinski definition) is 2. The van der Waals surface area contributed by atoms with E-state index in [0.29, 0.717) is 11.1 Å². The molecule has 0 spiro atoms. The molecule has 2 N–H and O–H groups in total. The largest absolute Gasteiger partial charge is 0.251 e. The van der Waals surface area contributed by atoms with Crippen molar-refractivity contribution < 1.29 is 28.7 Å². The lowest BCUT2D eigenvalue weighted by atomic mass is 10.1. The lowest BCUT2D eigenvalue weighted by Crippen LogP contribution is -2.15. The van der Waals surface area contributed by atoms with E-state index in [-0.39, 0.29) is 12.4 Å². The third kappa shape index (κ3) is 4.80. The van der Waals surface area contributed by atoms with Crippen LogP contribution in [0.15, 0.2) is 24.3 Å². The van der Waals surface area contributed by atoms with Gasteiger partial charge in [-0.3, -0.25) is 10.5 Å². The third-order valence-corrected chi connectivity index (χ3v) is 3.07. The van der Waals surface area contributed by atoms with E-state index >= 15 is 0 Å². The first-order valence-electron chi connectivity index (χ1n) is 4.79. The van der Waals surface area contributed by atoms with Gasteiger partial charge in [0.2, 0.25) is 0 Å². The summed E-state index contributed by atoms with van der Waals surface area (Å²) >= 11 is 0. The first-order chi connectivity index (χ1) is 7.96. The highest BCUT2D eigenvalue weighted by atomic mass is 32.2. The van der Waals surface area contributed by atoms with Crippen LogP contribution in [0.25, 0.3) is 0 Å². The van der Waals surface area contributed by atoms with E-state index in [9.17, 15) is 8.42 Å². The van der Waals surface area contributed by atoms with Crippen molar-refractivity contribution in [2.24, 2.45) is 0 Å². The molecule has 0 saturated carbocycles. The van der Waals surface area contributed by atoms with Crippen molar-refractivity contribution in [1.82, 2.24) is 0 Å². The van der Waals surface area contributed by atoms with Crippen molar-refractivity contribution in [3.63, 3.8) is 0 Å². The second-order valence-electron chi connectivity index (χ2n) is 3.70. The van der Waals surface area contributed by atoms with Crippen LogP contribution in [0.4, 0.5) is 0 Å². The van der Waals surface area contributed by atoms with Crippen LogP contribution in [0.5, 0.6) is 0 Å². The van der Waals surface area contributed by atoms with E-state index in [1.54, 1.807) is 24.3 Å². The number of hydrogen-bond acceptors (Lipinski definition) is 6. The molecule has 0 aliphatic heterocycles. The molecule has 96 valence electrons. The Bertz CT molecular complexity index is 438. The van der Waals surface area contributed by atoms with Crippen LogP contribution >= 0.6 is 0 Å². The van der Waals surface area contributed by atoms with E-state index in [4.69, 9.17) is 10.5 Å². The smallest absolute Gasteiger partial charge is 0.150 e. The number of sulfone groups is 1. The molecular formula is C10H14O6S. The molecule has 17 heavy (non-hydrogen) atoms. The summed E-state index contributed by atoms with van der Waals surface area (Å²) in [5, 5.41) is 16.9. The molecule has 0 aliphatic carbocycles. The van der Waals surface area contributed by atoms with Crippen LogP contribution in [0.2, 0.25) is 0 Å². The summed E-state index contributed by atoms with van der Waals surface area (Å²) in [7, 11) is -3.25. The average Bonchev–Trinajstić information content (AvgIpc) is 2.26. The van der Waals surface area contributed by atoms with Crippen LogP contribution in [-0.2, 0) is 26.2 Å². The van der Waals surface area contributed by atoms with Crippen molar-refractivity contribution >= 4 is 9.84 Å². The second kappa shape index (κ2) is 6.08. The van der Waals surface area contributed by atoms with Gasteiger partial charge >= 0.3 is 0 Å². The van der Waals surface area contributed by atoms with Crippen LogP contribution in [0.1, 0.15) is 17.2 Å². The van der Waals surface area contributed by atoms with E-state index in [0.717, 1.165) is 6.26 Å². The van der Waals surface area contributed by atoms with Gasteiger partial charge in [0.1, 0.15) is 22.5 Å². The van der Waals surface area contributed by atoms with Crippen molar-refractivity contribution in [2.45, 2.75) is 12.7 Å². The van der Waals surface area contributed by atoms with Crippen molar-refractivity contribution in [2.75, 3.05) is 12.0 Å². The van der Waals surface area contributed by atoms with Crippen LogP contribution in [0, 0.1) is 0 Å². The van der Waals surface area contributed by atoms with Gasteiger partial charge in [-0.25, -0.2) is 18.2 Å². The Balaban J connectivity index is 2.82. The molecule has 0 fully saturated rings. The second-order valence-corrected chi connectivity index (χ2v) is 5.89. The molecule has 7 heteroatoms. The zero-order valence-electron chi connectivity index (χ0n) is 9.24. The van der Waals surface area contributed by atoms with Crippen LogP contribution in [0.3, 0.4) is 0 Å². The molecule has 0 heterocycles. The summed E-state index contributed by atoms with van der Waals surface area (Å²) < 4.78 is 22.2. The Hall–Kier alpha value is -0.990. The molecule has 1 aromatic carbocycles. The molecule has 1 aromatic rings. The number of benzene rings is 1. The quantitative estimate of drug-likeness (QED) is 0.592. The van der Waals surface area contributed by atoms with Gasteiger partial charge in [0.05, 0.1) is 5.75 Å². The fourth-order valence-corrected chi connectivity index (χ4v) is 2.17. The molecule has 1 unspecified atom stereocenters. The Morgan fingerprint density at radius 1 is 1.24 bits per heavy atom. The van der Waals surface area contributed by atoms with Crippen molar-refractivity contribution in [3.05, 3.63) is 35.4 Å². The topological polar surface area (TPSA) is 93.1 Å². The highest BCUT2D eigenvalue weighted by Crippen LogP contribution is 2.19. The molecule has 1 rings (SSSR count). The minimum atomic E-state index is -3.25. The summed E-state index contributed by atoms with van der Waals surface area (Å²) in [6.07, 6.45) is 0.140. The van der Waals surface area contributed by atoms with E-state index in [1.807, 2.05) is 0 Å². The fourth-order valence-electron chi connectivity index (χ4n) is 1.37. The standard InChI is InChI=1S/C10H14O6S/c1-17(13,14)7-10(16-12)9-4-2-8(3-5-9)6-15-11/h2-5,10-12H,6-7H2,1H3. The number of rotatable bonds is 6. The summed E-state index contributed by atoms with van der Waals surface area (Å²) in [4.78, 5) is 8.11. The first-order valence-corrected chi connectivity index (χ1v) is 6.85. The predicted octanol–water partition coefficient (Wildman–Crippen LogP) is 1.25. The molecule has 0 saturated heterocycles. The van der Waals surface area contributed by atoms with Gasteiger partial charge in [-0.2, -0.15) is 0 Å². The van der Waals surface area contributed by atoms with E-state index in [2.05, 4.69) is 9.78 Å². The predicted molar refractivity (Wildman–Crippen MR) is 60.0 cm³/mol. The molecule has 0 bridgehead atoms. The first kappa shape index (κ1) is 14.1. The SMILES string of the molecule is CS(=O)(=O)CC(OO)c1ccc(COO)cc1. The minimum absolute atomic E-state index is 0.0387. The molecular weight excluding hydrogens is 248 g/mol.